The number of hydrogen-bond acceptors (Lipinski definition) is 5. The third-order valence-electron chi connectivity index (χ3n) is 4.17. The molecule has 4 aromatic rings. The lowest BCUT2D eigenvalue weighted by molar-refractivity contribution is -0.118. The molecule has 0 saturated heterocycles. The quantitative estimate of drug-likeness (QED) is 0.430. The number of anilines is 1. The molecule has 1 amide bonds. The van der Waals surface area contributed by atoms with Crippen LogP contribution >= 0.6 is 11.6 Å². The molecule has 0 unspecified atom stereocenters. The van der Waals surface area contributed by atoms with E-state index >= 15 is 0 Å². The molecule has 0 fully saturated rings. The van der Waals surface area contributed by atoms with E-state index < -0.39 is 5.63 Å². The topological polar surface area (TPSA) is 77.8 Å². The molecule has 0 aliphatic heterocycles. The molecule has 1 aromatic heterocycles. The Kier molecular flexibility index (Phi) is 5.68. The SMILES string of the molecule is O=C(COc1ccc2ccc(=O)oc2c1)Nc1ccc(Oc2ccccc2Cl)cc1. The summed E-state index contributed by atoms with van der Waals surface area (Å²) in [6.07, 6.45) is 0. The molecule has 3 aromatic carbocycles. The molecular weight excluding hydrogens is 406 g/mol. The van der Waals surface area contributed by atoms with Crippen molar-refractivity contribution in [2.24, 2.45) is 0 Å². The Balaban J connectivity index is 1.34. The van der Waals surface area contributed by atoms with Gasteiger partial charge in [0.15, 0.2) is 6.61 Å². The highest BCUT2D eigenvalue weighted by Gasteiger charge is 2.07. The number of para-hydroxylation sites is 1. The van der Waals surface area contributed by atoms with Crippen molar-refractivity contribution in [3.05, 3.63) is 94.3 Å². The second kappa shape index (κ2) is 8.71. The fraction of sp³-hybridized carbons (Fsp3) is 0.0435. The molecule has 0 atom stereocenters. The van der Waals surface area contributed by atoms with Crippen molar-refractivity contribution in [1.29, 1.82) is 0 Å². The smallest absolute Gasteiger partial charge is 0.336 e. The summed E-state index contributed by atoms with van der Waals surface area (Å²) in [5.41, 5.74) is 0.550. The van der Waals surface area contributed by atoms with E-state index in [1.165, 1.54) is 6.07 Å². The highest BCUT2D eigenvalue weighted by atomic mass is 35.5. The monoisotopic (exact) mass is 421 g/mol. The van der Waals surface area contributed by atoms with Crippen molar-refractivity contribution >= 4 is 34.2 Å². The van der Waals surface area contributed by atoms with Crippen LogP contribution in [-0.2, 0) is 4.79 Å². The van der Waals surface area contributed by atoms with E-state index in [0.29, 0.717) is 33.5 Å². The zero-order valence-electron chi connectivity index (χ0n) is 15.6. The van der Waals surface area contributed by atoms with Gasteiger partial charge in [0.1, 0.15) is 22.8 Å². The van der Waals surface area contributed by atoms with Gasteiger partial charge in [0, 0.05) is 23.2 Å². The summed E-state index contributed by atoms with van der Waals surface area (Å²) in [5, 5.41) is 4.02. The lowest BCUT2D eigenvalue weighted by atomic mass is 10.2. The van der Waals surface area contributed by atoms with Crippen LogP contribution in [0.4, 0.5) is 5.69 Å². The maximum absolute atomic E-state index is 12.2. The first-order chi connectivity index (χ1) is 14.6. The molecule has 6 nitrogen and oxygen atoms in total. The molecule has 0 saturated carbocycles. The Morgan fingerprint density at radius 2 is 1.67 bits per heavy atom. The largest absolute Gasteiger partial charge is 0.484 e. The number of carbonyl (C=O) groups is 1. The number of benzene rings is 3. The van der Waals surface area contributed by atoms with Crippen LogP contribution in [0.1, 0.15) is 0 Å². The van der Waals surface area contributed by atoms with Crippen LogP contribution in [0, 0.1) is 0 Å². The van der Waals surface area contributed by atoms with E-state index in [4.69, 9.17) is 25.5 Å². The molecule has 1 N–H and O–H groups in total. The average Bonchev–Trinajstić information content (AvgIpc) is 2.75. The maximum Gasteiger partial charge on any atom is 0.336 e. The molecule has 0 radical (unpaired) electrons. The Bertz CT molecular complexity index is 1250. The lowest BCUT2D eigenvalue weighted by Gasteiger charge is -2.10. The minimum Gasteiger partial charge on any atom is -0.484 e. The van der Waals surface area contributed by atoms with Crippen LogP contribution in [-0.4, -0.2) is 12.5 Å². The number of hydrogen-bond donors (Lipinski definition) is 1. The number of halogens is 1. The Hall–Kier alpha value is -3.77. The van der Waals surface area contributed by atoms with Crippen molar-refractivity contribution in [3.63, 3.8) is 0 Å². The molecule has 0 spiro atoms. The molecule has 0 bridgehead atoms. The van der Waals surface area contributed by atoms with Gasteiger partial charge in [-0.05, 0) is 54.6 Å². The molecular formula is C23H16ClNO5. The van der Waals surface area contributed by atoms with Crippen LogP contribution in [0.3, 0.4) is 0 Å². The molecule has 4 rings (SSSR count). The summed E-state index contributed by atoms with van der Waals surface area (Å²) in [4.78, 5) is 23.5. The Morgan fingerprint density at radius 3 is 2.47 bits per heavy atom. The van der Waals surface area contributed by atoms with Crippen LogP contribution in [0.2, 0.25) is 5.02 Å². The van der Waals surface area contributed by atoms with Crippen molar-refractivity contribution in [2.75, 3.05) is 11.9 Å². The number of fused-ring (bicyclic) bond motifs is 1. The third kappa shape index (κ3) is 4.79. The zero-order valence-corrected chi connectivity index (χ0v) is 16.4. The van der Waals surface area contributed by atoms with Crippen LogP contribution in [0.15, 0.2) is 88.1 Å². The van der Waals surface area contributed by atoms with Crippen LogP contribution < -0.4 is 20.4 Å². The molecule has 0 aliphatic rings. The van der Waals surface area contributed by atoms with Crippen LogP contribution in [0.25, 0.3) is 11.0 Å². The molecule has 7 heteroatoms. The highest BCUT2D eigenvalue weighted by molar-refractivity contribution is 6.32. The van der Waals surface area contributed by atoms with Gasteiger partial charge in [0.05, 0.1) is 5.02 Å². The number of rotatable bonds is 6. The van der Waals surface area contributed by atoms with E-state index in [2.05, 4.69) is 5.32 Å². The van der Waals surface area contributed by atoms with Gasteiger partial charge in [-0.2, -0.15) is 0 Å². The molecule has 1 heterocycles. The second-order valence-electron chi connectivity index (χ2n) is 6.35. The molecule has 150 valence electrons. The minimum absolute atomic E-state index is 0.194. The number of amides is 1. The van der Waals surface area contributed by atoms with Crippen molar-refractivity contribution in [2.45, 2.75) is 0 Å². The predicted molar refractivity (Wildman–Crippen MR) is 115 cm³/mol. The van der Waals surface area contributed by atoms with E-state index in [9.17, 15) is 9.59 Å². The van der Waals surface area contributed by atoms with Crippen LogP contribution in [0.5, 0.6) is 17.2 Å². The lowest BCUT2D eigenvalue weighted by Crippen LogP contribution is -2.20. The highest BCUT2D eigenvalue weighted by Crippen LogP contribution is 2.29. The zero-order chi connectivity index (χ0) is 20.9. The Morgan fingerprint density at radius 1 is 0.933 bits per heavy atom. The van der Waals surface area contributed by atoms with Gasteiger partial charge in [-0.1, -0.05) is 23.7 Å². The number of nitrogens with one attached hydrogen (secondary N) is 1. The first-order valence-corrected chi connectivity index (χ1v) is 9.44. The van der Waals surface area contributed by atoms with Gasteiger partial charge in [-0.15, -0.1) is 0 Å². The predicted octanol–water partition coefficient (Wildman–Crippen LogP) is 5.26. The van der Waals surface area contributed by atoms with Gasteiger partial charge in [-0.3, -0.25) is 4.79 Å². The number of carbonyl (C=O) groups excluding carboxylic acids is 1. The van der Waals surface area contributed by atoms with Gasteiger partial charge in [-0.25, -0.2) is 4.79 Å². The Labute approximate surface area is 176 Å². The van der Waals surface area contributed by atoms with E-state index in [1.54, 1.807) is 60.7 Å². The fourth-order valence-corrected chi connectivity index (χ4v) is 2.91. The molecule has 30 heavy (non-hydrogen) atoms. The summed E-state index contributed by atoms with van der Waals surface area (Å²) in [5.74, 6) is 1.24. The van der Waals surface area contributed by atoms with E-state index in [1.807, 2.05) is 12.1 Å². The van der Waals surface area contributed by atoms with Crippen molar-refractivity contribution in [1.82, 2.24) is 0 Å². The first kappa shape index (κ1) is 19.5. The van der Waals surface area contributed by atoms with Gasteiger partial charge in [0.2, 0.25) is 0 Å². The molecule has 0 aliphatic carbocycles. The normalized spacial score (nSPS) is 10.6. The van der Waals surface area contributed by atoms with Gasteiger partial charge < -0.3 is 19.2 Å². The summed E-state index contributed by atoms with van der Waals surface area (Å²) in [7, 11) is 0. The van der Waals surface area contributed by atoms with Crippen molar-refractivity contribution in [3.8, 4) is 17.2 Å². The summed E-state index contributed by atoms with van der Waals surface area (Å²) < 4.78 is 16.3. The standard InChI is InChI=1S/C23H16ClNO5/c24-19-3-1-2-4-20(19)29-17-10-7-16(8-11-17)25-22(26)14-28-18-9-5-15-6-12-23(27)30-21(15)13-18/h1-13H,14H2,(H,25,26). The minimum atomic E-state index is -0.445. The first-order valence-electron chi connectivity index (χ1n) is 9.06. The van der Waals surface area contributed by atoms with Gasteiger partial charge in [0.25, 0.3) is 5.91 Å². The summed E-state index contributed by atoms with van der Waals surface area (Å²) in [6, 6.07) is 22.1. The van der Waals surface area contributed by atoms with Crippen molar-refractivity contribution < 1.29 is 18.7 Å². The van der Waals surface area contributed by atoms with Gasteiger partial charge >= 0.3 is 5.63 Å². The summed E-state index contributed by atoms with van der Waals surface area (Å²) in [6.45, 7) is -0.194. The number of ether oxygens (including phenoxy) is 2. The summed E-state index contributed by atoms with van der Waals surface area (Å²) >= 11 is 6.08. The van der Waals surface area contributed by atoms with E-state index in [0.717, 1.165) is 5.39 Å². The van der Waals surface area contributed by atoms with E-state index in [-0.39, 0.29) is 12.5 Å². The maximum atomic E-state index is 12.2. The third-order valence-corrected chi connectivity index (χ3v) is 4.48. The second-order valence-corrected chi connectivity index (χ2v) is 6.75. The fourth-order valence-electron chi connectivity index (χ4n) is 2.74. The average molecular weight is 422 g/mol.